The summed E-state index contributed by atoms with van der Waals surface area (Å²) in [7, 11) is 1.39. The lowest BCUT2D eigenvalue weighted by atomic mass is 9.99. The molecule has 28 heavy (non-hydrogen) atoms. The number of aliphatic hydroxyl groups is 1. The molecule has 1 aromatic rings. The molecule has 1 N–H and O–H groups in total. The number of esters is 1. The summed E-state index contributed by atoms with van der Waals surface area (Å²) < 4.78 is 4.62. The zero-order valence-electron chi connectivity index (χ0n) is 16.6. The van der Waals surface area contributed by atoms with Crippen molar-refractivity contribution in [1.29, 1.82) is 0 Å². The molecule has 1 aromatic carbocycles. The van der Waals surface area contributed by atoms with E-state index in [0.717, 1.165) is 31.2 Å². The smallest absolute Gasteiger partial charge is 0.305 e. The Bertz CT molecular complexity index is 668. The van der Waals surface area contributed by atoms with Crippen LogP contribution < -0.4 is 0 Å². The molecule has 152 valence electrons. The normalized spacial score (nSPS) is 18.7. The van der Waals surface area contributed by atoms with Gasteiger partial charge >= 0.3 is 5.97 Å². The molecular formula is C23H31NO4. The van der Waals surface area contributed by atoms with E-state index in [4.69, 9.17) is 0 Å². The summed E-state index contributed by atoms with van der Waals surface area (Å²) in [6.45, 7) is 0.556. The Labute approximate surface area is 167 Å². The van der Waals surface area contributed by atoms with Crippen LogP contribution in [0.5, 0.6) is 0 Å². The maximum absolute atomic E-state index is 12.3. The van der Waals surface area contributed by atoms with E-state index in [9.17, 15) is 14.7 Å². The Balaban J connectivity index is 1.83. The molecule has 0 spiro atoms. The van der Waals surface area contributed by atoms with Gasteiger partial charge in [-0.25, -0.2) is 0 Å². The van der Waals surface area contributed by atoms with E-state index >= 15 is 0 Å². The van der Waals surface area contributed by atoms with Crippen molar-refractivity contribution in [3.63, 3.8) is 0 Å². The van der Waals surface area contributed by atoms with Gasteiger partial charge in [-0.3, -0.25) is 9.59 Å². The van der Waals surface area contributed by atoms with Gasteiger partial charge in [-0.05, 0) is 31.2 Å². The molecule has 2 atom stereocenters. The predicted molar refractivity (Wildman–Crippen MR) is 110 cm³/mol. The SMILES string of the molecule is COC(=O)CCC/C=C\CN1C(=O)CCC[C@@H]1/C=C/C(O)Cc1ccccc1. The van der Waals surface area contributed by atoms with Crippen molar-refractivity contribution in [2.45, 2.75) is 57.1 Å². The van der Waals surface area contributed by atoms with Crippen molar-refractivity contribution >= 4 is 11.9 Å². The average molecular weight is 386 g/mol. The number of piperidine rings is 1. The summed E-state index contributed by atoms with van der Waals surface area (Å²) >= 11 is 0. The molecule has 1 aliphatic rings. The number of rotatable bonds is 10. The zero-order valence-corrected chi connectivity index (χ0v) is 16.6. The van der Waals surface area contributed by atoms with Crippen LogP contribution in [0.1, 0.15) is 44.1 Å². The highest BCUT2D eigenvalue weighted by molar-refractivity contribution is 5.77. The van der Waals surface area contributed by atoms with Crippen LogP contribution in [0, 0.1) is 0 Å². The molecule has 1 unspecified atom stereocenters. The summed E-state index contributed by atoms with van der Waals surface area (Å²) in [6, 6.07) is 9.90. The first kappa shape index (κ1) is 21.9. The Kier molecular flexibility index (Phi) is 9.49. The molecule has 0 aliphatic carbocycles. The lowest BCUT2D eigenvalue weighted by Crippen LogP contribution is -2.42. The zero-order chi connectivity index (χ0) is 20.2. The molecule has 1 fully saturated rings. The Morgan fingerprint density at radius 2 is 2.11 bits per heavy atom. The number of hydrogen-bond donors (Lipinski definition) is 1. The first-order valence-electron chi connectivity index (χ1n) is 10.0. The third-order valence-electron chi connectivity index (χ3n) is 4.90. The second kappa shape index (κ2) is 12.1. The van der Waals surface area contributed by atoms with Gasteiger partial charge in [0.25, 0.3) is 0 Å². The van der Waals surface area contributed by atoms with Crippen LogP contribution in [0.15, 0.2) is 54.6 Å². The molecule has 0 bridgehead atoms. The topological polar surface area (TPSA) is 66.8 Å². The number of carbonyl (C=O) groups excluding carboxylic acids is 2. The lowest BCUT2D eigenvalue weighted by molar-refractivity contribution is -0.140. The van der Waals surface area contributed by atoms with Crippen molar-refractivity contribution in [2.24, 2.45) is 0 Å². The molecule has 5 heteroatoms. The standard InChI is InChI=1S/C23H31NO4/c1-28-23(27)14-7-2-3-8-17-24-20(12-9-13-22(24)26)15-16-21(25)18-19-10-5-4-6-11-19/h3-6,8,10-11,15-16,20-21,25H,2,7,9,12-14,17-18H2,1H3/b8-3-,16-15+/t20-,21?/m1/s1. The summed E-state index contributed by atoms with van der Waals surface area (Å²) in [4.78, 5) is 25.3. The second-order valence-electron chi connectivity index (χ2n) is 7.09. The third-order valence-corrected chi connectivity index (χ3v) is 4.90. The highest BCUT2D eigenvalue weighted by Gasteiger charge is 2.25. The minimum absolute atomic E-state index is 0.0198. The summed E-state index contributed by atoms with van der Waals surface area (Å²) in [5, 5.41) is 10.3. The maximum Gasteiger partial charge on any atom is 0.305 e. The average Bonchev–Trinajstić information content (AvgIpc) is 2.70. The van der Waals surface area contributed by atoms with E-state index in [1.54, 1.807) is 0 Å². The molecule has 1 heterocycles. The van der Waals surface area contributed by atoms with Crippen LogP contribution in [-0.4, -0.2) is 47.7 Å². The molecule has 1 amide bonds. The molecule has 1 saturated heterocycles. The maximum atomic E-state index is 12.3. The minimum atomic E-state index is -0.560. The van der Waals surface area contributed by atoms with E-state index in [-0.39, 0.29) is 17.9 Å². The van der Waals surface area contributed by atoms with E-state index < -0.39 is 6.10 Å². The monoisotopic (exact) mass is 385 g/mol. The fraction of sp³-hybridized carbons (Fsp3) is 0.478. The van der Waals surface area contributed by atoms with Crippen LogP contribution >= 0.6 is 0 Å². The van der Waals surface area contributed by atoms with Crippen LogP contribution in [0.2, 0.25) is 0 Å². The quantitative estimate of drug-likeness (QED) is 0.381. The fourth-order valence-electron chi connectivity index (χ4n) is 3.34. The van der Waals surface area contributed by atoms with Gasteiger partial charge in [0.15, 0.2) is 0 Å². The fourth-order valence-corrected chi connectivity index (χ4v) is 3.34. The Hall–Kier alpha value is -2.40. The van der Waals surface area contributed by atoms with Gasteiger partial charge < -0.3 is 14.7 Å². The largest absolute Gasteiger partial charge is 0.469 e. The van der Waals surface area contributed by atoms with Crippen molar-refractivity contribution < 1.29 is 19.4 Å². The van der Waals surface area contributed by atoms with Crippen molar-refractivity contribution in [3.05, 3.63) is 60.2 Å². The Morgan fingerprint density at radius 3 is 2.86 bits per heavy atom. The van der Waals surface area contributed by atoms with Gasteiger partial charge in [-0.1, -0.05) is 54.6 Å². The van der Waals surface area contributed by atoms with Gasteiger partial charge in [0.1, 0.15) is 0 Å². The first-order chi connectivity index (χ1) is 13.6. The molecule has 1 aliphatic heterocycles. The molecule has 0 saturated carbocycles. The Morgan fingerprint density at radius 1 is 1.32 bits per heavy atom. The molecular weight excluding hydrogens is 354 g/mol. The third kappa shape index (κ3) is 7.69. The molecule has 0 radical (unpaired) electrons. The number of unbranched alkanes of at least 4 members (excludes halogenated alkanes) is 1. The number of allylic oxidation sites excluding steroid dienone is 1. The molecule has 5 nitrogen and oxygen atoms in total. The van der Waals surface area contributed by atoms with Crippen LogP contribution in [0.25, 0.3) is 0 Å². The summed E-state index contributed by atoms with van der Waals surface area (Å²) in [5.74, 6) is -0.0449. The van der Waals surface area contributed by atoms with Crippen LogP contribution in [0.4, 0.5) is 0 Å². The number of methoxy groups -OCH3 is 1. The van der Waals surface area contributed by atoms with Gasteiger partial charge in [0, 0.05) is 25.8 Å². The summed E-state index contributed by atoms with van der Waals surface area (Å²) in [6.07, 6.45) is 12.1. The van der Waals surface area contributed by atoms with Crippen LogP contribution in [0.3, 0.4) is 0 Å². The minimum Gasteiger partial charge on any atom is -0.469 e. The van der Waals surface area contributed by atoms with Gasteiger partial charge in [-0.15, -0.1) is 0 Å². The number of benzene rings is 1. The number of likely N-dealkylation sites (tertiary alicyclic amines) is 1. The number of hydrogen-bond acceptors (Lipinski definition) is 4. The number of ether oxygens (including phenoxy) is 1. The molecule has 2 rings (SSSR count). The van der Waals surface area contributed by atoms with E-state index in [0.29, 0.717) is 25.8 Å². The summed E-state index contributed by atoms with van der Waals surface area (Å²) in [5.41, 5.74) is 1.09. The number of amides is 1. The van der Waals surface area contributed by atoms with Crippen LogP contribution in [-0.2, 0) is 20.7 Å². The van der Waals surface area contributed by atoms with Gasteiger partial charge in [0.05, 0.1) is 19.3 Å². The van der Waals surface area contributed by atoms with E-state index in [1.807, 2.05) is 59.5 Å². The second-order valence-corrected chi connectivity index (χ2v) is 7.09. The number of nitrogens with zero attached hydrogens (tertiary/aromatic N) is 1. The highest BCUT2D eigenvalue weighted by Crippen LogP contribution is 2.20. The highest BCUT2D eigenvalue weighted by atomic mass is 16.5. The van der Waals surface area contributed by atoms with Gasteiger partial charge in [-0.2, -0.15) is 0 Å². The van der Waals surface area contributed by atoms with E-state index in [1.165, 1.54) is 7.11 Å². The first-order valence-corrected chi connectivity index (χ1v) is 10.0. The van der Waals surface area contributed by atoms with E-state index in [2.05, 4.69) is 4.74 Å². The van der Waals surface area contributed by atoms with Gasteiger partial charge in [0.2, 0.25) is 5.91 Å². The number of carbonyl (C=O) groups is 2. The number of aliphatic hydroxyl groups excluding tert-OH is 1. The lowest BCUT2D eigenvalue weighted by Gasteiger charge is -2.33. The van der Waals surface area contributed by atoms with Crippen molar-refractivity contribution in [2.75, 3.05) is 13.7 Å². The molecule has 0 aromatic heterocycles. The van der Waals surface area contributed by atoms with Crippen molar-refractivity contribution in [3.8, 4) is 0 Å². The van der Waals surface area contributed by atoms with Crippen molar-refractivity contribution in [1.82, 2.24) is 4.90 Å². The predicted octanol–water partition coefficient (Wildman–Crippen LogP) is 3.43.